The highest BCUT2D eigenvalue weighted by Gasteiger charge is 2.14. The summed E-state index contributed by atoms with van der Waals surface area (Å²) in [6, 6.07) is 2.09. The van der Waals surface area contributed by atoms with E-state index in [0.717, 1.165) is 19.5 Å². The summed E-state index contributed by atoms with van der Waals surface area (Å²) in [6.07, 6.45) is 1.68. The van der Waals surface area contributed by atoms with Crippen LogP contribution in [0.2, 0.25) is 0 Å². The van der Waals surface area contributed by atoms with Gasteiger partial charge in [0.1, 0.15) is 0 Å². The van der Waals surface area contributed by atoms with Crippen LogP contribution in [0.1, 0.15) is 39.2 Å². The van der Waals surface area contributed by atoms with E-state index in [-0.39, 0.29) is 5.91 Å². The molecule has 90 valence electrons. The molecule has 0 aliphatic carbocycles. The molecule has 1 heterocycles. The van der Waals surface area contributed by atoms with Gasteiger partial charge in [0, 0.05) is 19.5 Å². The lowest BCUT2D eigenvalue weighted by molar-refractivity contribution is -0.132. The fourth-order valence-electron chi connectivity index (χ4n) is 1.64. The third kappa shape index (κ3) is 4.35. The number of rotatable bonds is 6. The zero-order chi connectivity index (χ0) is 12.0. The Morgan fingerprint density at radius 1 is 1.50 bits per heavy atom. The summed E-state index contributed by atoms with van der Waals surface area (Å²) in [5.74, 6) is 0.720. The predicted molar refractivity (Wildman–Crippen MR) is 69.5 cm³/mol. The Balaban J connectivity index is 2.56. The van der Waals surface area contributed by atoms with Crippen molar-refractivity contribution >= 4 is 17.2 Å². The van der Waals surface area contributed by atoms with Crippen LogP contribution in [0.15, 0.2) is 16.8 Å². The minimum Gasteiger partial charge on any atom is -0.338 e. The van der Waals surface area contributed by atoms with E-state index in [1.165, 1.54) is 5.56 Å². The molecular formula is C13H21NOS. The van der Waals surface area contributed by atoms with Crippen LogP contribution in [0.3, 0.4) is 0 Å². The van der Waals surface area contributed by atoms with Gasteiger partial charge in [0.05, 0.1) is 0 Å². The van der Waals surface area contributed by atoms with Gasteiger partial charge in [-0.05, 0) is 34.7 Å². The molecule has 1 aromatic heterocycles. The SMILES string of the molecule is CCCN(Cc1ccsc1)C(=O)CC(C)C. The molecule has 0 spiro atoms. The molecule has 3 heteroatoms. The Bertz CT molecular complexity index is 306. The average Bonchev–Trinajstić information content (AvgIpc) is 2.68. The molecule has 1 rings (SSSR count). The van der Waals surface area contributed by atoms with E-state index in [9.17, 15) is 4.79 Å². The summed E-state index contributed by atoms with van der Waals surface area (Å²) in [7, 11) is 0. The summed E-state index contributed by atoms with van der Waals surface area (Å²) in [4.78, 5) is 14.0. The molecule has 0 bridgehead atoms. The highest BCUT2D eigenvalue weighted by atomic mass is 32.1. The number of hydrogen-bond donors (Lipinski definition) is 0. The van der Waals surface area contributed by atoms with Crippen molar-refractivity contribution in [1.29, 1.82) is 0 Å². The van der Waals surface area contributed by atoms with E-state index >= 15 is 0 Å². The zero-order valence-electron chi connectivity index (χ0n) is 10.4. The number of hydrogen-bond acceptors (Lipinski definition) is 2. The van der Waals surface area contributed by atoms with Gasteiger partial charge in [-0.2, -0.15) is 11.3 Å². The standard InChI is InChI=1S/C13H21NOS/c1-4-6-14(13(15)8-11(2)3)9-12-5-7-16-10-12/h5,7,10-11H,4,6,8-9H2,1-3H3. The van der Waals surface area contributed by atoms with Gasteiger partial charge in [-0.15, -0.1) is 0 Å². The van der Waals surface area contributed by atoms with E-state index in [1.54, 1.807) is 11.3 Å². The lowest BCUT2D eigenvalue weighted by Gasteiger charge is -2.22. The Hall–Kier alpha value is -0.830. The molecule has 16 heavy (non-hydrogen) atoms. The quantitative estimate of drug-likeness (QED) is 0.743. The van der Waals surface area contributed by atoms with Gasteiger partial charge in [-0.1, -0.05) is 20.8 Å². The molecule has 2 nitrogen and oxygen atoms in total. The van der Waals surface area contributed by atoms with E-state index in [1.807, 2.05) is 4.90 Å². The maximum Gasteiger partial charge on any atom is 0.223 e. The molecule has 0 radical (unpaired) electrons. The van der Waals surface area contributed by atoms with Gasteiger partial charge >= 0.3 is 0 Å². The topological polar surface area (TPSA) is 20.3 Å². The van der Waals surface area contributed by atoms with E-state index < -0.39 is 0 Å². The first-order valence-electron chi connectivity index (χ1n) is 5.92. The lowest BCUT2D eigenvalue weighted by atomic mass is 10.1. The molecule has 0 atom stereocenters. The van der Waals surface area contributed by atoms with Gasteiger partial charge in [0.15, 0.2) is 0 Å². The smallest absolute Gasteiger partial charge is 0.223 e. The number of amides is 1. The van der Waals surface area contributed by atoms with Gasteiger partial charge in [0.25, 0.3) is 0 Å². The number of carbonyl (C=O) groups is 1. The molecule has 1 aromatic rings. The van der Waals surface area contributed by atoms with Gasteiger partial charge < -0.3 is 4.90 Å². The van der Waals surface area contributed by atoms with E-state index in [4.69, 9.17) is 0 Å². The normalized spacial score (nSPS) is 10.8. The first-order valence-corrected chi connectivity index (χ1v) is 6.86. The van der Waals surface area contributed by atoms with Crippen LogP contribution in [-0.2, 0) is 11.3 Å². The fraction of sp³-hybridized carbons (Fsp3) is 0.615. The Morgan fingerprint density at radius 2 is 2.25 bits per heavy atom. The van der Waals surface area contributed by atoms with Crippen LogP contribution in [-0.4, -0.2) is 17.4 Å². The third-order valence-electron chi connectivity index (χ3n) is 2.38. The minimum atomic E-state index is 0.281. The lowest BCUT2D eigenvalue weighted by Crippen LogP contribution is -2.31. The molecule has 0 saturated carbocycles. The fourth-order valence-corrected chi connectivity index (χ4v) is 2.30. The van der Waals surface area contributed by atoms with E-state index in [0.29, 0.717) is 12.3 Å². The average molecular weight is 239 g/mol. The van der Waals surface area contributed by atoms with Gasteiger partial charge in [0.2, 0.25) is 5.91 Å². The van der Waals surface area contributed by atoms with E-state index in [2.05, 4.69) is 37.6 Å². The molecule has 0 saturated heterocycles. The Labute approximate surface area is 102 Å². The van der Waals surface area contributed by atoms with Crippen LogP contribution >= 0.6 is 11.3 Å². The van der Waals surface area contributed by atoms with Crippen LogP contribution < -0.4 is 0 Å². The third-order valence-corrected chi connectivity index (χ3v) is 3.11. The first-order chi connectivity index (χ1) is 7.63. The van der Waals surface area contributed by atoms with Crippen molar-refractivity contribution < 1.29 is 4.79 Å². The molecule has 0 unspecified atom stereocenters. The van der Waals surface area contributed by atoms with Crippen molar-refractivity contribution in [2.75, 3.05) is 6.54 Å². The second kappa shape index (κ2) is 6.69. The highest BCUT2D eigenvalue weighted by Crippen LogP contribution is 2.12. The molecule has 0 N–H and O–H groups in total. The van der Waals surface area contributed by atoms with Crippen molar-refractivity contribution in [3.05, 3.63) is 22.4 Å². The second-order valence-electron chi connectivity index (χ2n) is 4.54. The van der Waals surface area contributed by atoms with Crippen molar-refractivity contribution in [2.45, 2.75) is 40.2 Å². The molecule has 1 amide bonds. The van der Waals surface area contributed by atoms with Crippen molar-refractivity contribution in [2.24, 2.45) is 5.92 Å². The summed E-state index contributed by atoms with van der Waals surface area (Å²) >= 11 is 1.69. The first kappa shape index (κ1) is 13.2. The molecular weight excluding hydrogens is 218 g/mol. The number of nitrogens with zero attached hydrogens (tertiary/aromatic N) is 1. The van der Waals surface area contributed by atoms with Crippen LogP contribution in [0, 0.1) is 5.92 Å². The maximum atomic E-state index is 12.0. The summed E-state index contributed by atoms with van der Waals surface area (Å²) in [5, 5.41) is 4.18. The monoisotopic (exact) mass is 239 g/mol. The summed E-state index contributed by atoms with van der Waals surface area (Å²) < 4.78 is 0. The van der Waals surface area contributed by atoms with Crippen LogP contribution in [0.5, 0.6) is 0 Å². The summed E-state index contributed by atoms with van der Waals surface area (Å²) in [5.41, 5.74) is 1.25. The second-order valence-corrected chi connectivity index (χ2v) is 5.32. The number of thiophene rings is 1. The Kier molecular flexibility index (Phi) is 5.53. The molecule has 0 aromatic carbocycles. The highest BCUT2D eigenvalue weighted by molar-refractivity contribution is 7.07. The Morgan fingerprint density at radius 3 is 2.75 bits per heavy atom. The largest absolute Gasteiger partial charge is 0.338 e. The van der Waals surface area contributed by atoms with Crippen molar-refractivity contribution in [3.63, 3.8) is 0 Å². The predicted octanol–water partition coefficient (Wildman–Crippen LogP) is 3.53. The molecule has 0 aliphatic heterocycles. The number of carbonyl (C=O) groups excluding carboxylic acids is 1. The molecule has 0 aliphatic rings. The zero-order valence-corrected chi connectivity index (χ0v) is 11.2. The van der Waals surface area contributed by atoms with Crippen LogP contribution in [0.25, 0.3) is 0 Å². The van der Waals surface area contributed by atoms with Gasteiger partial charge in [-0.3, -0.25) is 4.79 Å². The van der Waals surface area contributed by atoms with Crippen molar-refractivity contribution in [3.8, 4) is 0 Å². The summed E-state index contributed by atoms with van der Waals surface area (Å²) in [6.45, 7) is 7.92. The maximum absolute atomic E-state index is 12.0. The van der Waals surface area contributed by atoms with Crippen molar-refractivity contribution in [1.82, 2.24) is 4.90 Å². The van der Waals surface area contributed by atoms with Gasteiger partial charge in [-0.25, -0.2) is 0 Å². The minimum absolute atomic E-state index is 0.281. The molecule has 0 fully saturated rings. The van der Waals surface area contributed by atoms with Crippen LogP contribution in [0.4, 0.5) is 0 Å².